The summed E-state index contributed by atoms with van der Waals surface area (Å²) in [6.07, 6.45) is 1.94. The number of nitrogens with one attached hydrogen (secondary N) is 1. The van der Waals surface area contributed by atoms with Crippen LogP contribution in [0.25, 0.3) is 22.3 Å². The highest BCUT2D eigenvalue weighted by atomic mass is 19.1. The first kappa shape index (κ1) is 27.1. The number of imidazole rings is 1. The molecule has 0 aliphatic carbocycles. The van der Waals surface area contributed by atoms with Gasteiger partial charge in [0.2, 0.25) is 5.95 Å². The molecule has 3 aromatic heterocycles. The van der Waals surface area contributed by atoms with Gasteiger partial charge in [-0.2, -0.15) is 0 Å². The quantitative estimate of drug-likeness (QED) is 0.361. The highest BCUT2D eigenvalue weighted by Gasteiger charge is 2.24. The number of benzene rings is 1. The lowest BCUT2D eigenvalue weighted by Gasteiger charge is -2.34. The first-order valence-electron chi connectivity index (χ1n) is 13.3. The fourth-order valence-corrected chi connectivity index (χ4v) is 5.51. The van der Waals surface area contributed by atoms with Crippen LogP contribution in [0, 0.1) is 18.6 Å². The van der Waals surface area contributed by atoms with E-state index in [1.165, 1.54) is 11.6 Å². The molecule has 0 unspecified atom stereocenters. The standard InChI is InChI=1S/C29H36F2N8/c1-17(15-37(6)7)38-11-10-23-19(16-38)8-9-25(34-23)35-28-32-14-22(31)26(36-28)20-12-21(30)27-24(13-20)39(18(2)33-27)29(3,4)5/h8-9,12-14,17H,10-11,15-16H2,1-7H3,(H,32,34,35,36)/t17-/m1/s1. The van der Waals surface area contributed by atoms with Crippen molar-refractivity contribution in [2.24, 2.45) is 0 Å². The van der Waals surface area contributed by atoms with Crippen molar-refractivity contribution in [3.63, 3.8) is 0 Å². The van der Waals surface area contributed by atoms with Gasteiger partial charge in [0, 0.05) is 48.9 Å². The molecular formula is C29H36F2N8. The molecular weight excluding hydrogens is 498 g/mol. The van der Waals surface area contributed by atoms with E-state index >= 15 is 4.39 Å². The summed E-state index contributed by atoms with van der Waals surface area (Å²) in [5, 5.41) is 3.11. The largest absolute Gasteiger partial charge is 0.323 e. The van der Waals surface area contributed by atoms with Crippen molar-refractivity contribution in [1.82, 2.24) is 34.3 Å². The van der Waals surface area contributed by atoms with E-state index in [0.29, 0.717) is 28.8 Å². The molecule has 1 aliphatic rings. The number of anilines is 2. The number of halogens is 2. The lowest BCUT2D eigenvalue weighted by atomic mass is 10.0. The zero-order chi connectivity index (χ0) is 28.1. The predicted octanol–water partition coefficient (Wildman–Crippen LogP) is 5.28. The first-order valence-corrected chi connectivity index (χ1v) is 13.3. The summed E-state index contributed by atoms with van der Waals surface area (Å²) in [7, 11) is 4.18. The molecule has 0 fully saturated rings. The monoisotopic (exact) mass is 534 g/mol. The highest BCUT2D eigenvalue weighted by Crippen LogP contribution is 2.32. The van der Waals surface area contributed by atoms with Crippen LogP contribution in [0.3, 0.4) is 0 Å². The first-order chi connectivity index (χ1) is 18.4. The van der Waals surface area contributed by atoms with Crippen LogP contribution in [-0.2, 0) is 18.5 Å². The van der Waals surface area contributed by atoms with Gasteiger partial charge in [0.1, 0.15) is 22.9 Å². The Labute approximate surface area is 228 Å². The Morgan fingerprint density at radius 1 is 1.08 bits per heavy atom. The van der Waals surface area contributed by atoms with Gasteiger partial charge in [-0.25, -0.2) is 28.7 Å². The lowest BCUT2D eigenvalue weighted by Crippen LogP contribution is -2.43. The summed E-state index contributed by atoms with van der Waals surface area (Å²) in [6, 6.07) is 7.42. The van der Waals surface area contributed by atoms with E-state index in [-0.39, 0.29) is 22.7 Å². The molecule has 1 aromatic carbocycles. The van der Waals surface area contributed by atoms with Crippen LogP contribution in [0.4, 0.5) is 20.5 Å². The maximum atomic E-state index is 15.1. The summed E-state index contributed by atoms with van der Waals surface area (Å²) in [6.45, 7) is 12.9. The normalized spacial score (nSPS) is 15.1. The summed E-state index contributed by atoms with van der Waals surface area (Å²) in [4.78, 5) is 22.4. The average Bonchev–Trinajstić information content (AvgIpc) is 3.21. The summed E-state index contributed by atoms with van der Waals surface area (Å²) in [5.74, 6) is 0.309. The van der Waals surface area contributed by atoms with Crippen LogP contribution in [-0.4, -0.2) is 67.5 Å². The molecule has 1 N–H and O–H groups in total. The molecule has 1 aliphatic heterocycles. The fraction of sp³-hybridized carbons (Fsp3) is 0.448. The van der Waals surface area contributed by atoms with E-state index in [1.807, 2.05) is 38.3 Å². The molecule has 10 heteroatoms. The maximum absolute atomic E-state index is 15.1. The molecule has 1 atom stereocenters. The van der Waals surface area contributed by atoms with Crippen molar-refractivity contribution in [2.45, 2.75) is 59.2 Å². The number of fused-ring (bicyclic) bond motifs is 2. The molecule has 4 heterocycles. The van der Waals surface area contributed by atoms with Gasteiger partial charge in [0.15, 0.2) is 11.6 Å². The third-order valence-corrected chi connectivity index (χ3v) is 7.14. The molecule has 8 nitrogen and oxygen atoms in total. The van der Waals surface area contributed by atoms with Crippen LogP contribution in [0.2, 0.25) is 0 Å². The maximum Gasteiger partial charge on any atom is 0.229 e. The Bertz CT molecular complexity index is 1520. The SMILES string of the molecule is Cc1nc2c(F)cc(-c3nc(Nc4ccc5c(n4)CCN([C@H](C)CN(C)C)C5)ncc3F)cc2n1C(C)(C)C. The second-order valence-electron chi connectivity index (χ2n) is 11.6. The fourth-order valence-electron chi connectivity index (χ4n) is 5.51. The van der Waals surface area contributed by atoms with Gasteiger partial charge in [0.05, 0.1) is 11.7 Å². The molecule has 5 rings (SSSR count). The van der Waals surface area contributed by atoms with Gasteiger partial charge in [-0.1, -0.05) is 6.07 Å². The van der Waals surface area contributed by atoms with Crippen molar-refractivity contribution in [1.29, 1.82) is 0 Å². The summed E-state index contributed by atoms with van der Waals surface area (Å²) >= 11 is 0. The minimum absolute atomic E-state index is 0.0103. The Morgan fingerprint density at radius 2 is 1.85 bits per heavy atom. The van der Waals surface area contributed by atoms with Gasteiger partial charge in [-0.05, 0) is 72.5 Å². The zero-order valence-electron chi connectivity index (χ0n) is 23.7. The van der Waals surface area contributed by atoms with E-state index in [9.17, 15) is 4.39 Å². The predicted molar refractivity (Wildman–Crippen MR) is 150 cm³/mol. The van der Waals surface area contributed by atoms with Crippen molar-refractivity contribution in [2.75, 3.05) is 32.5 Å². The number of hydrogen-bond acceptors (Lipinski definition) is 7. The zero-order valence-corrected chi connectivity index (χ0v) is 23.7. The summed E-state index contributed by atoms with van der Waals surface area (Å²) < 4.78 is 32.0. The molecule has 0 bridgehead atoms. The van der Waals surface area contributed by atoms with E-state index in [4.69, 9.17) is 4.98 Å². The molecule has 0 saturated heterocycles. The third kappa shape index (κ3) is 5.49. The van der Waals surface area contributed by atoms with E-state index in [2.05, 4.69) is 57.2 Å². The highest BCUT2D eigenvalue weighted by molar-refractivity contribution is 5.83. The topological polar surface area (TPSA) is 75.0 Å². The van der Waals surface area contributed by atoms with Crippen LogP contribution in [0.15, 0.2) is 30.5 Å². The third-order valence-electron chi connectivity index (χ3n) is 7.14. The summed E-state index contributed by atoms with van der Waals surface area (Å²) in [5.41, 5.74) is 3.08. The Kier molecular flexibility index (Phi) is 7.11. The number of likely N-dealkylation sites (N-methyl/N-ethyl adjacent to an activating group) is 1. The minimum atomic E-state index is -0.636. The molecule has 39 heavy (non-hydrogen) atoms. The molecule has 0 radical (unpaired) electrons. The minimum Gasteiger partial charge on any atom is -0.323 e. The number of pyridine rings is 1. The number of aryl methyl sites for hydroxylation is 1. The number of hydrogen-bond donors (Lipinski definition) is 1. The second kappa shape index (κ2) is 10.2. The van der Waals surface area contributed by atoms with Crippen LogP contribution in [0.5, 0.6) is 0 Å². The van der Waals surface area contributed by atoms with Crippen LogP contribution >= 0.6 is 0 Å². The van der Waals surface area contributed by atoms with Gasteiger partial charge in [-0.15, -0.1) is 0 Å². The Morgan fingerprint density at radius 3 is 2.56 bits per heavy atom. The Balaban J connectivity index is 1.42. The van der Waals surface area contributed by atoms with Gasteiger partial charge in [-0.3, -0.25) is 4.90 Å². The molecule has 0 amide bonds. The second-order valence-corrected chi connectivity index (χ2v) is 11.6. The lowest BCUT2D eigenvalue weighted by molar-refractivity contribution is 0.158. The Hall–Kier alpha value is -3.50. The van der Waals surface area contributed by atoms with Crippen molar-refractivity contribution in [3.8, 4) is 11.3 Å². The van der Waals surface area contributed by atoms with E-state index in [0.717, 1.165) is 37.9 Å². The number of rotatable bonds is 6. The van der Waals surface area contributed by atoms with E-state index < -0.39 is 11.6 Å². The van der Waals surface area contributed by atoms with Crippen molar-refractivity contribution in [3.05, 3.63) is 59.2 Å². The smallest absolute Gasteiger partial charge is 0.229 e. The van der Waals surface area contributed by atoms with Crippen LogP contribution < -0.4 is 5.32 Å². The van der Waals surface area contributed by atoms with Crippen molar-refractivity contribution < 1.29 is 8.78 Å². The van der Waals surface area contributed by atoms with Gasteiger partial charge < -0.3 is 14.8 Å². The molecule has 0 spiro atoms. The van der Waals surface area contributed by atoms with E-state index in [1.54, 1.807) is 6.07 Å². The molecule has 0 saturated carbocycles. The molecule has 206 valence electrons. The van der Waals surface area contributed by atoms with Gasteiger partial charge >= 0.3 is 0 Å². The van der Waals surface area contributed by atoms with Gasteiger partial charge in [0.25, 0.3) is 0 Å². The van der Waals surface area contributed by atoms with Crippen molar-refractivity contribution >= 4 is 22.8 Å². The van der Waals surface area contributed by atoms with Crippen LogP contribution in [0.1, 0.15) is 44.8 Å². The average molecular weight is 535 g/mol. The number of nitrogens with zero attached hydrogens (tertiary/aromatic N) is 7. The number of aromatic nitrogens is 5. The molecule has 4 aromatic rings.